The summed E-state index contributed by atoms with van der Waals surface area (Å²) in [6.07, 6.45) is 0. The molecule has 77 valence electrons. The summed E-state index contributed by atoms with van der Waals surface area (Å²) in [5, 5.41) is 0.229. The molecule has 0 unspecified atom stereocenters. The Bertz CT molecular complexity index is 313. The van der Waals surface area contributed by atoms with E-state index in [1.807, 2.05) is 13.8 Å². The predicted octanol–water partition coefficient (Wildman–Crippen LogP) is 3.90. The lowest BCUT2D eigenvalue weighted by molar-refractivity contribution is -0.0498. The van der Waals surface area contributed by atoms with Crippen LogP contribution in [0, 0.1) is 5.92 Å². The molecule has 14 heavy (non-hydrogen) atoms. The van der Waals surface area contributed by atoms with Gasteiger partial charge in [-0.05, 0) is 11.6 Å². The molecule has 0 bridgehead atoms. The maximum Gasteiger partial charge on any atom is 0.387 e. The number of rotatable bonds is 3. The summed E-state index contributed by atoms with van der Waals surface area (Å²) in [4.78, 5) is 0. The zero-order chi connectivity index (χ0) is 10.7. The van der Waals surface area contributed by atoms with E-state index >= 15 is 0 Å². The number of benzene rings is 1. The van der Waals surface area contributed by atoms with Gasteiger partial charge in [-0.15, -0.1) is 0 Å². The zero-order valence-corrected chi connectivity index (χ0v) is 8.61. The van der Waals surface area contributed by atoms with Crippen molar-refractivity contribution in [1.82, 2.24) is 0 Å². The fraction of sp³-hybridized carbons (Fsp3) is 0.300. The van der Waals surface area contributed by atoms with Gasteiger partial charge in [-0.1, -0.05) is 37.6 Å². The van der Waals surface area contributed by atoms with Gasteiger partial charge in [0.25, 0.3) is 0 Å². The van der Waals surface area contributed by atoms with Gasteiger partial charge in [0.2, 0.25) is 0 Å². The summed E-state index contributed by atoms with van der Waals surface area (Å²) in [5.74, 6) is 0.968. The van der Waals surface area contributed by atoms with E-state index in [0.717, 1.165) is 11.5 Å². The van der Waals surface area contributed by atoms with Crippen LogP contribution in [-0.2, 0) is 0 Å². The highest BCUT2D eigenvalue weighted by Gasteiger charge is 2.13. The first-order valence-electron chi connectivity index (χ1n) is 4.06. The SMILES string of the molecule is C[C](C)c1cccc(OC(F)F)c1Cl. The molecule has 0 aromatic heterocycles. The van der Waals surface area contributed by atoms with Crippen molar-refractivity contribution in [3.8, 4) is 5.75 Å². The lowest BCUT2D eigenvalue weighted by atomic mass is 10.0. The third kappa shape index (κ3) is 2.58. The smallest absolute Gasteiger partial charge is 0.387 e. The van der Waals surface area contributed by atoms with Crippen molar-refractivity contribution in [2.75, 3.05) is 0 Å². The normalized spacial score (nSPS) is 11.1. The molecule has 1 aromatic carbocycles. The molecule has 0 N–H and O–H groups in total. The molecule has 1 nitrogen and oxygen atoms in total. The first kappa shape index (κ1) is 11.2. The topological polar surface area (TPSA) is 9.23 Å². The Hall–Kier alpha value is -0.830. The lowest BCUT2D eigenvalue weighted by Crippen LogP contribution is -2.03. The van der Waals surface area contributed by atoms with Crippen LogP contribution >= 0.6 is 11.6 Å². The Morgan fingerprint density at radius 3 is 2.50 bits per heavy atom. The van der Waals surface area contributed by atoms with Crippen LogP contribution in [0.3, 0.4) is 0 Å². The summed E-state index contributed by atoms with van der Waals surface area (Å²) in [6, 6.07) is 4.81. The van der Waals surface area contributed by atoms with Crippen molar-refractivity contribution in [1.29, 1.82) is 0 Å². The van der Waals surface area contributed by atoms with Gasteiger partial charge in [-0.3, -0.25) is 0 Å². The largest absolute Gasteiger partial charge is 0.433 e. The van der Waals surface area contributed by atoms with Crippen LogP contribution in [0.2, 0.25) is 5.02 Å². The molecule has 0 saturated heterocycles. The molecule has 0 aliphatic rings. The Labute approximate surface area is 86.6 Å². The Balaban J connectivity index is 3.01. The molecule has 0 spiro atoms. The van der Waals surface area contributed by atoms with Gasteiger partial charge in [-0.2, -0.15) is 8.78 Å². The van der Waals surface area contributed by atoms with E-state index in [-0.39, 0.29) is 10.8 Å². The molecule has 0 fully saturated rings. The second-order valence-electron chi connectivity index (χ2n) is 3.00. The van der Waals surface area contributed by atoms with Gasteiger partial charge >= 0.3 is 6.61 Å². The summed E-state index contributed by atoms with van der Waals surface area (Å²) >= 11 is 5.87. The lowest BCUT2D eigenvalue weighted by Gasteiger charge is -2.11. The van der Waals surface area contributed by atoms with Crippen LogP contribution in [-0.4, -0.2) is 6.61 Å². The molecule has 1 radical (unpaired) electrons. The highest BCUT2D eigenvalue weighted by Crippen LogP contribution is 2.32. The van der Waals surface area contributed by atoms with Crippen molar-refractivity contribution in [3.63, 3.8) is 0 Å². The van der Waals surface area contributed by atoms with Crippen molar-refractivity contribution >= 4 is 11.6 Å². The fourth-order valence-electron chi connectivity index (χ4n) is 1.08. The Kier molecular flexibility index (Phi) is 3.69. The second kappa shape index (κ2) is 4.60. The van der Waals surface area contributed by atoms with Gasteiger partial charge in [0, 0.05) is 5.92 Å². The monoisotopic (exact) mass is 219 g/mol. The molecule has 1 rings (SSSR count). The molecular formula is C10H10ClF2O. The predicted molar refractivity (Wildman–Crippen MR) is 51.8 cm³/mol. The number of alkyl halides is 2. The minimum absolute atomic E-state index is 0.0142. The summed E-state index contributed by atoms with van der Waals surface area (Å²) in [6.45, 7) is 0.862. The third-order valence-corrected chi connectivity index (χ3v) is 2.11. The van der Waals surface area contributed by atoms with Gasteiger partial charge < -0.3 is 4.74 Å². The van der Waals surface area contributed by atoms with Gasteiger partial charge in [0.05, 0.1) is 5.02 Å². The molecule has 0 atom stereocenters. The van der Waals surface area contributed by atoms with Gasteiger partial charge in [0.15, 0.2) is 0 Å². The van der Waals surface area contributed by atoms with E-state index < -0.39 is 6.61 Å². The Morgan fingerprint density at radius 2 is 2.00 bits per heavy atom. The van der Waals surface area contributed by atoms with Crippen LogP contribution in [0.5, 0.6) is 5.75 Å². The quantitative estimate of drug-likeness (QED) is 0.749. The second-order valence-corrected chi connectivity index (χ2v) is 3.37. The average molecular weight is 220 g/mol. The van der Waals surface area contributed by atoms with Crippen LogP contribution in [0.15, 0.2) is 18.2 Å². The molecule has 0 saturated carbocycles. The zero-order valence-electron chi connectivity index (χ0n) is 7.85. The summed E-state index contributed by atoms with van der Waals surface area (Å²) in [7, 11) is 0. The van der Waals surface area contributed by atoms with E-state index in [1.165, 1.54) is 6.07 Å². The van der Waals surface area contributed by atoms with Crippen molar-refractivity contribution in [3.05, 3.63) is 34.7 Å². The molecular weight excluding hydrogens is 210 g/mol. The van der Waals surface area contributed by atoms with Crippen LogP contribution < -0.4 is 4.74 Å². The average Bonchev–Trinajstić information content (AvgIpc) is 2.07. The molecule has 0 aliphatic carbocycles. The van der Waals surface area contributed by atoms with Gasteiger partial charge in [0.1, 0.15) is 5.75 Å². The molecule has 0 aliphatic heterocycles. The molecule has 0 amide bonds. The van der Waals surface area contributed by atoms with Crippen molar-refractivity contribution in [2.24, 2.45) is 0 Å². The van der Waals surface area contributed by atoms with E-state index in [4.69, 9.17) is 11.6 Å². The first-order valence-corrected chi connectivity index (χ1v) is 4.44. The van der Waals surface area contributed by atoms with Crippen LogP contribution in [0.1, 0.15) is 19.4 Å². The summed E-state index contributed by atoms with van der Waals surface area (Å²) in [5.41, 5.74) is 0.727. The van der Waals surface area contributed by atoms with Crippen molar-refractivity contribution < 1.29 is 13.5 Å². The van der Waals surface area contributed by atoms with Crippen LogP contribution in [0.4, 0.5) is 8.78 Å². The highest BCUT2D eigenvalue weighted by atomic mass is 35.5. The maximum atomic E-state index is 11.9. The van der Waals surface area contributed by atoms with Gasteiger partial charge in [-0.25, -0.2) is 0 Å². The number of hydrogen-bond acceptors (Lipinski definition) is 1. The minimum Gasteiger partial charge on any atom is -0.433 e. The summed E-state index contributed by atoms with van der Waals surface area (Å²) < 4.78 is 28.1. The minimum atomic E-state index is -2.85. The maximum absolute atomic E-state index is 11.9. The fourth-order valence-corrected chi connectivity index (χ4v) is 1.44. The Morgan fingerprint density at radius 1 is 1.36 bits per heavy atom. The number of halogens is 3. The molecule has 0 heterocycles. The van der Waals surface area contributed by atoms with Crippen LogP contribution in [0.25, 0.3) is 0 Å². The number of ether oxygens (including phenoxy) is 1. The van der Waals surface area contributed by atoms with E-state index in [1.54, 1.807) is 12.1 Å². The third-order valence-electron chi connectivity index (χ3n) is 1.72. The highest BCUT2D eigenvalue weighted by molar-refractivity contribution is 6.33. The van der Waals surface area contributed by atoms with E-state index in [0.29, 0.717) is 0 Å². The van der Waals surface area contributed by atoms with Crippen molar-refractivity contribution in [2.45, 2.75) is 20.5 Å². The number of hydrogen-bond donors (Lipinski definition) is 0. The molecule has 1 aromatic rings. The van der Waals surface area contributed by atoms with E-state index in [9.17, 15) is 8.78 Å². The molecule has 4 heteroatoms. The standard InChI is InChI=1S/C10H10ClF2O/c1-6(2)7-4-3-5-8(9(7)11)14-10(12)13/h3-5,10H,1-2H3. The van der Waals surface area contributed by atoms with E-state index in [2.05, 4.69) is 4.74 Å². The first-order chi connectivity index (χ1) is 6.52.